The van der Waals surface area contributed by atoms with E-state index in [2.05, 4.69) is 27.0 Å². The van der Waals surface area contributed by atoms with Gasteiger partial charge in [-0.05, 0) is 32.1 Å². The van der Waals surface area contributed by atoms with Gasteiger partial charge in [-0.15, -0.1) is 0 Å². The summed E-state index contributed by atoms with van der Waals surface area (Å²) in [7, 11) is 0. The quantitative estimate of drug-likeness (QED) is 0.284. The summed E-state index contributed by atoms with van der Waals surface area (Å²) in [5, 5.41) is 11.6. The van der Waals surface area contributed by atoms with Gasteiger partial charge in [0.1, 0.15) is 17.6 Å². The molecule has 4 N–H and O–H groups in total. The van der Waals surface area contributed by atoms with Crippen LogP contribution < -0.4 is 20.7 Å². The maximum atomic E-state index is 14.9. The highest BCUT2D eigenvalue weighted by molar-refractivity contribution is 6.19. The summed E-state index contributed by atoms with van der Waals surface area (Å²) in [5.74, 6) is -6.88. The van der Waals surface area contributed by atoms with Crippen LogP contribution in [0.2, 0.25) is 0 Å². The van der Waals surface area contributed by atoms with Crippen LogP contribution in [-0.2, 0) is 4.79 Å². The van der Waals surface area contributed by atoms with Crippen molar-refractivity contribution in [3.63, 3.8) is 0 Å². The minimum absolute atomic E-state index is 0.0745. The molecule has 0 saturated heterocycles. The Morgan fingerprint density at radius 3 is 2.77 bits per heavy atom. The predicted molar refractivity (Wildman–Crippen MR) is 122 cm³/mol. The largest absolute Gasteiger partial charge is 0.477 e. The number of nitrogens with one attached hydrogen (secondary N) is 3. The molecular weight excluding hydrogens is 465 g/mol. The summed E-state index contributed by atoms with van der Waals surface area (Å²) < 4.78 is 49.8. The van der Waals surface area contributed by atoms with Gasteiger partial charge < -0.3 is 10.1 Å². The number of hydrogen-bond donors (Lipinski definition) is 4. The van der Waals surface area contributed by atoms with Crippen molar-refractivity contribution < 1.29 is 33.1 Å². The first-order valence-electron chi connectivity index (χ1n) is 10.8. The van der Waals surface area contributed by atoms with E-state index in [1.165, 1.54) is 31.5 Å². The fourth-order valence-corrected chi connectivity index (χ4v) is 2.95. The molecule has 1 aromatic carbocycles. The second kappa shape index (κ2) is 11.1. The Morgan fingerprint density at radius 2 is 2.14 bits per heavy atom. The zero-order chi connectivity index (χ0) is 25.6. The number of nitrogens with zero attached hydrogens (tertiary/aromatic N) is 3. The lowest BCUT2D eigenvalue weighted by Gasteiger charge is -2.18. The Labute approximate surface area is 200 Å². The summed E-state index contributed by atoms with van der Waals surface area (Å²) >= 11 is 0. The van der Waals surface area contributed by atoms with Crippen LogP contribution in [0, 0.1) is 5.82 Å². The normalized spacial score (nSPS) is 15.1. The van der Waals surface area contributed by atoms with E-state index in [0.717, 1.165) is 31.1 Å². The molecule has 0 radical (unpaired) electrons. The lowest BCUT2D eigenvalue weighted by atomic mass is 10.1. The topological polar surface area (TPSA) is 113 Å². The molecule has 1 aliphatic carbocycles. The van der Waals surface area contributed by atoms with Gasteiger partial charge in [0.05, 0.1) is 30.4 Å². The molecule has 9 nitrogen and oxygen atoms in total. The highest BCUT2D eigenvalue weighted by Crippen LogP contribution is 2.26. The lowest BCUT2D eigenvalue weighted by molar-refractivity contribution is -1.13. The molecule has 1 heterocycles. The number of carbonyl (C=O) groups excluding carboxylic acids is 1. The first-order valence-corrected chi connectivity index (χ1v) is 10.8. The number of amides is 1. The van der Waals surface area contributed by atoms with E-state index in [0.29, 0.717) is 17.9 Å². The number of aliphatic imine (C=N–C) groups is 1. The van der Waals surface area contributed by atoms with E-state index < -0.39 is 29.0 Å². The molecule has 1 atom stereocenters. The molecule has 1 aromatic heterocycles. The number of ether oxygens (including phenoxy) is 1. The SMILES string of the molecule is C=C(/N=C(\C=C/C)C(F)(F)C(=O)Nc1ccc(-c2cncc(OCC)n2)cc1F)N[NH+](O)C1CC1. The number of carbonyl (C=O) groups is 1. The third kappa shape index (κ3) is 6.64. The zero-order valence-corrected chi connectivity index (χ0v) is 19.2. The van der Waals surface area contributed by atoms with Gasteiger partial charge in [-0.1, -0.05) is 23.9 Å². The highest BCUT2D eigenvalue weighted by atomic mass is 19.3. The molecule has 2 aromatic rings. The van der Waals surface area contributed by atoms with E-state index in [4.69, 9.17) is 4.74 Å². The predicted octanol–water partition coefficient (Wildman–Crippen LogP) is 2.68. The minimum Gasteiger partial charge on any atom is -0.477 e. The lowest BCUT2D eigenvalue weighted by Crippen LogP contribution is -3.17. The van der Waals surface area contributed by atoms with Gasteiger partial charge in [-0.25, -0.2) is 14.4 Å². The molecule has 35 heavy (non-hydrogen) atoms. The summed E-state index contributed by atoms with van der Waals surface area (Å²) in [6.07, 6.45) is 6.53. The Morgan fingerprint density at radius 1 is 1.40 bits per heavy atom. The number of hydrogen-bond acceptors (Lipinski definition) is 7. The van der Waals surface area contributed by atoms with Crippen molar-refractivity contribution in [2.75, 3.05) is 11.9 Å². The van der Waals surface area contributed by atoms with Crippen molar-refractivity contribution in [3.05, 3.63) is 61.0 Å². The number of anilines is 1. The Kier molecular flexibility index (Phi) is 8.20. The fourth-order valence-electron chi connectivity index (χ4n) is 2.95. The maximum Gasteiger partial charge on any atom is 0.366 e. The van der Waals surface area contributed by atoms with Crippen molar-refractivity contribution in [3.8, 4) is 17.1 Å². The third-order valence-corrected chi connectivity index (χ3v) is 4.84. The van der Waals surface area contributed by atoms with Crippen LogP contribution >= 0.6 is 0 Å². The van der Waals surface area contributed by atoms with Crippen LogP contribution in [-0.4, -0.2) is 45.4 Å². The molecule has 1 aliphatic rings. The molecule has 186 valence electrons. The second-order valence-electron chi connectivity index (χ2n) is 7.63. The summed E-state index contributed by atoms with van der Waals surface area (Å²) in [6, 6.07) is 3.51. The summed E-state index contributed by atoms with van der Waals surface area (Å²) in [4.78, 5) is 24.2. The molecule has 1 unspecified atom stereocenters. The molecule has 0 bridgehead atoms. The van der Waals surface area contributed by atoms with E-state index in [1.54, 1.807) is 6.92 Å². The number of benzene rings is 1. The van der Waals surface area contributed by atoms with Crippen molar-refractivity contribution in [2.24, 2.45) is 4.99 Å². The molecule has 12 heteroatoms. The monoisotopic (exact) mass is 491 g/mol. The summed E-state index contributed by atoms with van der Waals surface area (Å²) in [6.45, 7) is 7.11. The average Bonchev–Trinajstić information content (AvgIpc) is 3.66. The van der Waals surface area contributed by atoms with Gasteiger partial charge in [0.15, 0.2) is 5.82 Å². The molecule has 1 amide bonds. The van der Waals surface area contributed by atoms with E-state index >= 15 is 0 Å². The van der Waals surface area contributed by atoms with Crippen molar-refractivity contribution >= 4 is 17.3 Å². The van der Waals surface area contributed by atoms with Gasteiger partial charge in [0, 0.05) is 18.4 Å². The van der Waals surface area contributed by atoms with E-state index in [-0.39, 0.29) is 22.9 Å². The minimum atomic E-state index is -4.13. The number of aromatic nitrogens is 2. The maximum absolute atomic E-state index is 14.9. The van der Waals surface area contributed by atoms with Crippen LogP contribution in [0.25, 0.3) is 11.3 Å². The van der Waals surface area contributed by atoms with Gasteiger partial charge in [0.25, 0.3) is 0 Å². The van der Waals surface area contributed by atoms with Crippen LogP contribution in [0.15, 0.2) is 60.1 Å². The first-order chi connectivity index (χ1) is 16.6. The number of hydroxylamine groups is 1. The number of alkyl halides is 2. The van der Waals surface area contributed by atoms with Gasteiger partial charge in [-0.2, -0.15) is 19.4 Å². The van der Waals surface area contributed by atoms with Crippen molar-refractivity contribution in [2.45, 2.75) is 38.7 Å². The average molecular weight is 491 g/mol. The number of quaternary nitrogens is 1. The van der Waals surface area contributed by atoms with E-state index in [1.807, 2.05) is 5.32 Å². The Balaban J connectivity index is 1.76. The van der Waals surface area contributed by atoms with Crippen LogP contribution in [0.4, 0.5) is 18.9 Å². The summed E-state index contributed by atoms with van der Waals surface area (Å²) in [5.41, 5.74) is 1.67. The Bertz CT molecular complexity index is 1150. The van der Waals surface area contributed by atoms with E-state index in [9.17, 15) is 23.2 Å². The molecule has 1 saturated carbocycles. The number of halogens is 3. The van der Waals surface area contributed by atoms with Crippen molar-refractivity contribution in [1.82, 2.24) is 15.4 Å². The van der Waals surface area contributed by atoms with Gasteiger partial charge in [0.2, 0.25) is 5.88 Å². The first kappa shape index (κ1) is 25.8. The van der Waals surface area contributed by atoms with Gasteiger partial charge in [-0.3, -0.25) is 9.78 Å². The standard InChI is InChI=1S/C23H25F3N6O3/c1-4-6-20(28-14(3)31-32(34)16-8-9-16)23(25,26)22(33)30-18-10-7-15(11-17(18)24)19-12-27-13-21(29-19)35-5-2/h4,6-7,10-13,16,31,34H,3,5,8-9H2,1-2H3,(H,30,33)/p+1/b6-4-,28-20+. The highest BCUT2D eigenvalue weighted by Gasteiger charge is 2.44. The smallest absolute Gasteiger partial charge is 0.366 e. The van der Waals surface area contributed by atoms with Gasteiger partial charge >= 0.3 is 11.8 Å². The molecule has 0 spiro atoms. The fraction of sp³-hybridized carbons (Fsp3) is 0.304. The molecule has 1 fully saturated rings. The second-order valence-corrected chi connectivity index (χ2v) is 7.63. The zero-order valence-electron chi connectivity index (χ0n) is 19.2. The molecular formula is C23H26F3N6O3+. The molecule has 3 rings (SSSR count). The van der Waals surface area contributed by atoms with Crippen molar-refractivity contribution in [1.29, 1.82) is 0 Å². The van der Waals surface area contributed by atoms with Crippen LogP contribution in [0.1, 0.15) is 26.7 Å². The number of rotatable bonds is 11. The number of allylic oxidation sites excluding steroid dienone is 2. The van der Waals surface area contributed by atoms with Crippen LogP contribution in [0.5, 0.6) is 5.88 Å². The molecule has 0 aliphatic heterocycles. The third-order valence-electron chi connectivity index (χ3n) is 4.84. The van der Waals surface area contributed by atoms with Crippen LogP contribution in [0.3, 0.4) is 0 Å². The Hall–Kier alpha value is -3.77.